The molecule has 100 valence electrons. The Morgan fingerprint density at radius 1 is 1.11 bits per heavy atom. The second-order valence-corrected chi connectivity index (χ2v) is 4.57. The second kappa shape index (κ2) is 6.36. The van der Waals surface area contributed by atoms with E-state index in [0.717, 1.165) is 22.6 Å². The van der Waals surface area contributed by atoms with Gasteiger partial charge >= 0.3 is 0 Å². The molecule has 0 saturated heterocycles. The SMILES string of the molecule is CC(CO)c1ccc(Oc2ccccc2CN)cc1. The smallest absolute Gasteiger partial charge is 0.131 e. The van der Waals surface area contributed by atoms with Crippen molar-refractivity contribution in [2.24, 2.45) is 5.73 Å². The molecule has 0 aliphatic carbocycles. The van der Waals surface area contributed by atoms with Gasteiger partial charge in [0, 0.05) is 24.6 Å². The first kappa shape index (κ1) is 13.6. The molecule has 0 fully saturated rings. The highest BCUT2D eigenvalue weighted by Gasteiger charge is 2.05. The van der Waals surface area contributed by atoms with Crippen molar-refractivity contribution >= 4 is 0 Å². The molecule has 0 bridgehead atoms. The summed E-state index contributed by atoms with van der Waals surface area (Å²) in [4.78, 5) is 0. The molecule has 3 nitrogen and oxygen atoms in total. The summed E-state index contributed by atoms with van der Waals surface area (Å²) >= 11 is 0. The molecule has 3 heteroatoms. The van der Waals surface area contributed by atoms with Crippen LogP contribution in [0, 0.1) is 0 Å². The summed E-state index contributed by atoms with van der Waals surface area (Å²) in [5, 5.41) is 9.12. The van der Waals surface area contributed by atoms with E-state index in [1.807, 2.05) is 55.5 Å². The predicted molar refractivity (Wildman–Crippen MR) is 76.4 cm³/mol. The van der Waals surface area contributed by atoms with Crippen LogP contribution in [0.4, 0.5) is 0 Å². The molecule has 2 rings (SSSR count). The first-order chi connectivity index (χ1) is 9.24. The lowest BCUT2D eigenvalue weighted by Crippen LogP contribution is -2.00. The van der Waals surface area contributed by atoms with Crippen LogP contribution in [0.25, 0.3) is 0 Å². The van der Waals surface area contributed by atoms with Crippen LogP contribution in [0.1, 0.15) is 24.0 Å². The Bertz CT molecular complexity index is 523. The fourth-order valence-electron chi connectivity index (χ4n) is 1.87. The number of hydrogen-bond acceptors (Lipinski definition) is 3. The third-order valence-corrected chi connectivity index (χ3v) is 3.14. The maximum Gasteiger partial charge on any atom is 0.131 e. The van der Waals surface area contributed by atoms with E-state index >= 15 is 0 Å². The Balaban J connectivity index is 2.15. The monoisotopic (exact) mass is 257 g/mol. The van der Waals surface area contributed by atoms with E-state index in [-0.39, 0.29) is 12.5 Å². The van der Waals surface area contributed by atoms with E-state index in [4.69, 9.17) is 15.6 Å². The molecule has 2 aromatic rings. The summed E-state index contributed by atoms with van der Waals surface area (Å²) in [6.07, 6.45) is 0. The molecule has 0 aromatic heterocycles. The van der Waals surface area contributed by atoms with E-state index in [2.05, 4.69) is 0 Å². The number of para-hydroxylation sites is 1. The number of nitrogens with two attached hydrogens (primary N) is 1. The minimum atomic E-state index is 0.144. The van der Waals surface area contributed by atoms with E-state index in [1.54, 1.807) is 0 Å². The zero-order chi connectivity index (χ0) is 13.7. The molecular formula is C16H19NO2. The summed E-state index contributed by atoms with van der Waals surface area (Å²) in [6, 6.07) is 15.5. The Morgan fingerprint density at radius 2 is 1.79 bits per heavy atom. The minimum Gasteiger partial charge on any atom is -0.457 e. The lowest BCUT2D eigenvalue weighted by atomic mass is 10.0. The van der Waals surface area contributed by atoms with Crippen LogP contribution in [0.15, 0.2) is 48.5 Å². The number of ether oxygens (including phenoxy) is 1. The van der Waals surface area contributed by atoms with E-state index in [0.29, 0.717) is 6.54 Å². The van der Waals surface area contributed by atoms with Crippen LogP contribution in [0.2, 0.25) is 0 Å². The van der Waals surface area contributed by atoms with Crippen molar-refractivity contribution in [1.82, 2.24) is 0 Å². The van der Waals surface area contributed by atoms with E-state index < -0.39 is 0 Å². The van der Waals surface area contributed by atoms with E-state index in [9.17, 15) is 0 Å². The number of aliphatic hydroxyl groups is 1. The molecule has 0 heterocycles. The molecule has 1 unspecified atom stereocenters. The Kier molecular flexibility index (Phi) is 4.55. The van der Waals surface area contributed by atoms with Crippen LogP contribution in [0.3, 0.4) is 0 Å². The number of rotatable bonds is 5. The molecule has 0 saturated carbocycles. The van der Waals surface area contributed by atoms with Gasteiger partial charge in [0.1, 0.15) is 11.5 Å². The number of aliphatic hydroxyl groups excluding tert-OH is 1. The average molecular weight is 257 g/mol. The molecule has 19 heavy (non-hydrogen) atoms. The van der Waals surface area contributed by atoms with Gasteiger partial charge in [0.05, 0.1) is 0 Å². The molecule has 2 aromatic carbocycles. The number of benzene rings is 2. The van der Waals surface area contributed by atoms with Gasteiger partial charge in [0.25, 0.3) is 0 Å². The summed E-state index contributed by atoms with van der Waals surface area (Å²) < 4.78 is 5.83. The zero-order valence-electron chi connectivity index (χ0n) is 11.0. The van der Waals surface area contributed by atoms with Gasteiger partial charge in [-0.15, -0.1) is 0 Å². The Hall–Kier alpha value is -1.84. The topological polar surface area (TPSA) is 55.5 Å². The normalized spacial score (nSPS) is 12.2. The molecule has 0 spiro atoms. The highest BCUT2D eigenvalue weighted by Crippen LogP contribution is 2.26. The van der Waals surface area contributed by atoms with Crippen LogP contribution in [-0.2, 0) is 6.54 Å². The third kappa shape index (κ3) is 3.34. The molecule has 3 N–H and O–H groups in total. The van der Waals surface area contributed by atoms with Gasteiger partial charge in [0.15, 0.2) is 0 Å². The fourth-order valence-corrected chi connectivity index (χ4v) is 1.87. The summed E-state index contributed by atoms with van der Waals surface area (Å²) in [6.45, 7) is 2.59. The maximum atomic E-state index is 9.12. The van der Waals surface area contributed by atoms with Crippen molar-refractivity contribution in [3.05, 3.63) is 59.7 Å². The van der Waals surface area contributed by atoms with Gasteiger partial charge in [0.2, 0.25) is 0 Å². The molecule has 0 amide bonds. The van der Waals surface area contributed by atoms with Crippen LogP contribution in [-0.4, -0.2) is 11.7 Å². The van der Waals surface area contributed by atoms with Gasteiger partial charge in [-0.2, -0.15) is 0 Å². The minimum absolute atomic E-state index is 0.144. The van der Waals surface area contributed by atoms with Crippen LogP contribution >= 0.6 is 0 Å². The van der Waals surface area contributed by atoms with Crippen molar-refractivity contribution in [3.8, 4) is 11.5 Å². The predicted octanol–water partition coefficient (Wildman–Crippen LogP) is 3.03. The zero-order valence-corrected chi connectivity index (χ0v) is 11.0. The van der Waals surface area contributed by atoms with Gasteiger partial charge in [-0.3, -0.25) is 0 Å². The van der Waals surface area contributed by atoms with Crippen LogP contribution < -0.4 is 10.5 Å². The Morgan fingerprint density at radius 3 is 2.42 bits per heavy atom. The summed E-state index contributed by atoms with van der Waals surface area (Å²) in [7, 11) is 0. The average Bonchev–Trinajstić information content (AvgIpc) is 2.48. The molecule has 0 radical (unpaired) electrons. The van der Waals surface area contributed by atoms with Crippen LogP contribution in [0.5, 0.6) is 11.5 Å². The lowest BCUT2D eigenvalue weighted by Gasteiger charge is -2.12. The van der Waals surface area contributed by atoms with Crippen molar-refractivity contribution in [2.45, 2.75) is 19.4 Å². The fraction of sp³-hybridized carbons (Fsp3) is 0.250. The van der Waals surface area contributed by atoms with Gasteiger partial charge in [-0.05, 0) is 23.8 Å². The first-order valence-electron chi connectivity index (χ1n) is 6.41. The van der Waals surface area contributed by atoms with Crippen molar-refractivity contribution in [3.63, 3.8) is 0 Å². The highest BCUT2D eigenvalue weighted by atomic mass is 16.5. The molecule has 0 aliphatic rings. The largest absolute Gasteiger partial charge is 0.457 e. The van der Waals surface area contributed by atoms with Crippen molar-refractivity contribution in [1.29, 1.82) is 0 Å². The van der Waals surface area contributed by atoms with Gasteiger partial charge < -0.3 is 15.6 Å². The third-order valence-electron chi connectivity index (χ3n) is 3.14. The first-order valence-corrected chi connectivity index (χ1v) is 6.41. The second-order valence-electron chi connectivity index (χ2n) is 4.57. The van der Waals surface area contributed by atoms with E-state index in [1.165, 1.54) is 0 Å². The molecule has 1 atom stereocenters. The summed E-state index contributed by atoms with van der Waals surface area (Å²) in [5.41, 5.74) is 7.76. The molecular weight excluding hydrogens is 238 g/mol. The molecule has 0 aliphatic heterocycles. The standard InChI is InChI=1S/C16H19NO2/c1-12(11-18)13-6-8-15(9-7-13)19-16-5-3-2-4-14(16)10-17/h2-9,12,18H,10-11,17H2,1H3. The van der Waals surface area contributed by atoms with Crippen molar-refractivity contribution < 1.29 is 9.84 Å². The van der Waals surface area contributed by atoms with Gasteiger partial charge in [-0.25, -0.2) is 0 Å². The highest BCUT2D eigenvalue weighted by molar-refractivity contribution is 5.38. The summed E-state index contributed by atoms with van der Waals surface area (Å²) in [5.74, 6) is 1.70. The van der Waals surface area contributed by atoms with Gasteiger partial charge in [-0.1, -0.05) is 37.3 Å². The lowest BCUT2D eigenvalue weighted by molar-refractivity contribution is 0.273. The quantitative estimate of drug-likeness (QED) is 0.865. The van der Waals surface area contributed by atoms with Crippen molar-refractivity contribution in [2.75, 3.05) is 6.61 Å². The Labute approximate surface area is 113 Å². The number of hydrogen-bond donors (Lipinski definition) is 2. The maximum absolute atomic E-state index is 9.12.